The number of aliphatic imine (C=N–C) groups is 1. The number of hydrogen-bond donors (Lipinski definition) is 3. The van der Waals surface area contributed by atoms with Crippen LogP contribution in [0.2, 0.25) is 0 Å². The summed E-state index contributed by atoms with van der Waals surface area (Å²) in [6, 6.07) is 7.95. The van der Waals surface area contributed by atoms with Crippen molar-refractivity contribution < 1.29 is 9.53 Å². The van der Waals surface area contributed by atoms with Crippen molar-refractivity contribution in [1.29, 1.82) is 0 Å². The van der Waals surface area contributed by atoms with Gasteiger partial charge in [-0.2, -0.15) is 0 Å². The highest BCUT2D eigenvalue weighted by atomic mass is 16.5. The molecule has 0 spiro atoms. The molecule has 1 saturated carbocycles. The Morgan fingerprint density at radius 1 is 1.14 bits per heavy atom. The molecular weight excluding hydrogens is 352 g/mol. The fourth-order valence-corrected chi connectivity index (χ4v) is 3.36. The van der Waals surface area contributed by atoms with E-state index in [0.29, 0.717) is 6.10 Å². The second kappa shape index (κ2) is 13.2. The summed E-state index contributed by atoms with van der Waals surface area (Å²) in [7, 11) is 0. The van der Waals surface area contributed by atoms with Gasteiger partial charge in [-0.05, 0) is 50.3 Å². The highest BCUT2D eigenvalue weighted by Crippen LogP contribution is 2.20. The Hall–Kier alpha value is -2.08. The van der Waals surface area contributed by atoms with Gasteiger partial charge in [0.05, 0.1) is 6.10 Å². The Kier molecular flexibility index (Phi) is 10.4. The molecule has 0 aromatic heterocycles. The number of carbonyl (C=O) groups excluding carboxylic acids is 1. The van der Waals surface area contributed by atoms with Gasteiger partial charge in [0.2, 0.25) is 5.91 Å². The molecule has 3 N–H and O–H groups in total. The van der Waals surface area contributed by atoms with Crippen LogP contribution in [0.1, 0.15) is 57.9 Å². The Balaban J connectivity index is 1.65. The average molecular weight is 389 g/mol. The second-order valence-electron chi connectivity index (χ2n) is 7.30. The van der Waals surface area contributed by atoms with Crippen LogP contribution < -0.4 is 16.0 Å². The summed E-state index contributed by atoms with van der Waals surface area (Å²) in [5.41, 5.74) is 2.05. The molecule has 0 bridgehead atoms. The molecule has 1 aromatic rings. The molecule has 2 rings (SSSR count). The molecule has 0 aliphatic heterocycles. The lowest BCUT2D eigenvalue weighted by atomic mass is 9.98. The number of carbonyl (C=O) groups is 1. The molecule has 0 atom stereocenters. The first-order valence-electron chi connectivity index (χ1n) is 10.7. The van der Waals surface area contributed by atoms with Crippen molar-refractivity contribution in [2.45, 2.75) is 64.9 Å². The molecule has 1 aromatic carbocycles. The zero-order valence-electron chi connectivity index (χ0n) is 17.4. The summed E-state index contributed by atoms with van der Waals surface area (Å²) in [5.74, 6) is 0.806. The van der Waals surface area contributed by atoms with E-state index in [0.717, 1.165) is 50.7 Å². The van der Waals surface area contributed by atoms with Crippen LogP contribution in [0.4, 0.5) is 5.69 Å². The standard InChI is InChI=1S/C22H36N4O2/c1-3-23-22(24-15-7-17-28-21-8-5-4-6-9-21)25-16-14-19-10-12-20(13-11-19)26-18(2)27/h10-13,21H,3-9,14-17H2,1-2H3,(H,26,27)(H2,23,24,25). The Bertz CT molecular complexity index is 595. The van der Waals surface area contributed by atoms with Gasteiger partial charge in [0.15, 0.2) is 5.96 Å². The minimum Gasteiger partial charge on any atom is -0.378 e. The summed E-state index contributed by atoms with van der Waals surface area (Å²) in [4.78, 5) is 15.7. The molecule has 0 saturated heterocycles. The lowest BCUT2D eigenvalue weighted by Gasteiger charge is -2.21. The van der Waals surface area contributed by atoms with E-state index in [2.05, 4.69) is 27.9 Å². The van der Waals surface area contributed by atoms with Gasteiger partial charge in [0.1, 0.15) is 0 Å². The zero-order chi connectivity index (χ0) is 20.0. The summed E-state index contributed by atoms with van der Waals surface area (Å²) in [5, 5.41) is 9.46. The molecule has 0 unspecified atom stereocenters. The average Bonchev–Trinajstić information content (AvgIpc) is 2.69. The van der Waals surface area contributed by atoms with Crippen LogP contribution in [0, 0.1) is 0 Å². The first-order valence-corrected chi connectivity index (χ1v) is 10.7. The Morgan fingerprint density at radius 2 is 1.89 bits per heavy atom. The Labute approximate surface area is 169 Å². The number of amides is 1. The molecule has 156 valence electrons. The van der Waals surface area contributed by atoms with E-state index in [9.17, 15) is 4.79 Å². The van der Waals surface area contributed by atoms with Gasteiger partial charge in [0.25, 0.3) is 0 Å². The predicted molar refractivity (Wildman–Crippen MR) is 116 cm³/mol. The third kappa shape index (κ3) is 9.22. The minimum atomic E-state index is -0.0509. The Morgan fingerprint density at radius 3 is 2.57 bits per heavy atom. The van der Waals surface area contributed by atoms with Gasteiger partial charge in [0, 0.05) is 38.9 Å². The maximum Gasteiger partial charge on any atom is 0.221 e. The number of anilines is 1. The van der Waals surface area contributed by atoms with Crippen LogP contribution in [0.25, 0.3) is 0 Å². The van der Waals surface area contributed by atoms with E-state index >= 15 is 0 Å². The fourth-order valence-electron chi connectivity index (χ4n) is 3.36. The van der Waals surface area contributed by atoms with Crippen molar-refractivity contribution in [2.24, 2.45) is 4.99 Å². The van der Waals surface area contributed by atoms with E-state index in [1.54, 1.807) is 0 Å². The predicted octanol–water partition coefficient (Wildman–Crippen LogP) is 3.48. The van der Waals surface area contributed by atoms with Gasteiger partial charge >= 0.3 is 0 Å². The summed E-state index contributed by atoms with van der Waals surface area (Å²) >= 11 is 0. The number of ether oxygens (including phenoxy) is 1. The molecular formula is C22H36N4O2. The third-order valence-corrected chi connectivity index (χ3v) is 4.80. The van der Waals surface area contributed by atoms with Gasteiger partial charge < -0.3 is 20.7 Å². The van der Waals surface area contributed by atoms with Gasteiger partial charge in [-0.25, -0.2) is 0 Å². The van der Waals surface area contributed by atoms with Crippen LogP contribution in [0.5, 0.6) is 0 Å². The number of nitrogens with one attached hydrogen (secondary N) is 3. The molecule has 28 heavy (non-hydrogen) atoms. The van der Waals surface area contributed by atoms with Crippen LogP contribution in [-0.4, -0.2) is 44.2 Å². The normalized spacial score (nSPS) is 15.3. The van der Waals surface area contributed by atoms with E-state index in [4.69, 9.17) is 4.74 Å². The molecule has 1 aliphatic rings. The topological polar surface area (TPSA) is 74.8 Å². The lowest BCUT2D eigenvalue weighted by Crippen LogP contribution is -2.38. The van der Waals surface area contributed by atoms with Crippen LogP contribution >= 0.6 is 0 Å². The smallest absolute Gasteiger partial charge is 0.221 e. The van der Waals surface area contributed by atoms with Gasteiger partial charge in [-0.3, -0.25) is 9.79 Å². The first kappa shape index (κ1) is 22.2. The molecule has 1 amide bonds. The maximum atomic E-state index is 11.1. The molecule has 0 heterocycles. The molecule has 6 heteroatoms. The van der Waals surface area contributed by atoms with Crippen LogP contribution in [-0.2, 0) is 16.0 Å². The quantitative estimate of drug-likeness (QED) is 0.326. The second-order valence-corrected chi connectivity index (χ2v) is 7.30. The highest BCUT2D eigenvalue weighted by Gasteiger charge is 2.12. The number of benzene rings is 1. The SMILES string of the molecule is CCNC(=NCCCOC1CCCCC1)NCCc1ccc(NC(C)=O)cc1. The number of rotatable bonds is 10. The summed E-state index contributed by atoms with van der Waals surface area (Å²) in [6.07, 6.45) is 8.76. The largest absolute Gasteiger partial charge is 0.378 e. The number of hydrogen-bond acceptors (Lipinski definition) is 3. The molecule has 1 aliphatic carbocycles. The van der Waals surface area contributed by atoms with Crippen molar-refractivity contribution in [3.05, 3.63) is 29.8 Å². The van der Waals surface area contributed by atoms with E-state index in [1.807, 2.05) is 24.3 Å². The monoisotopic (exact) mass is 388 g/mol. The van der Waals surface area contributed by atoms with Crippen molar-refractivity contribution in [3.63, 3.8) is 0 Å². The minimum absolute atomic E-state index is 0.0509. The van der Waals surface area contributed by atoms with E-state index in [-0.39, 0.29) is 5.91 Å². The molecule has 1 fully saturated rings. The fraction of sp³-hybridized carbons (Fsp3) is 0.636. The summed E-state index contributed by atoms with van der Waals surface area (Å²) < 4.78 is 5.96. The van der Waals surface area contributed by atoms with E-state index < -0.39 is 0 Å². The van der Waals surface area contributed by atoms with Crippen molar-refractivity contribution in [2.75, 3.05) is 31.6 Å². The first-order chi connectivity index (χ1) is 13.7. The third-order valence-electron chi connectivity index (χ3n) is 4.80. The zero-order valence-corrected chi connectivity index (χ0v) is 17.4. The van der Waals surface area contributed by atoms with Crippen molar-refractivity contribution >= 4 is 17.6 Å². The number of guanidine groups is 1. The van der Waals surface area contributed by atoms with E-state index in [1.165, 1.54) is 44.6 Å². The van der Waals surface area contributed by atoms with Crippen LogP contribution in [0.15, 0.2) is 29.3 Å². The number of nitrogens with zero attached hydrogens (tertiary/aromatic N) is 1. The lowest BCUT2D eigenvalue weighted by molar-refractivity contribution is -0.114. The molecule has 0 radical (unpaired) electrons. The molecule has 6 nitrogen and oxygen atoms in total. The van der Waals surface area contributed by atoms with Gasteiger partial charge in [-0.15, -0.1) is 0 Å². The highest BCUT2D eigenvalue weighted by molar-refractivity contribution is 5.88. The van der Waals surface area contributed by atoms with Crippen molar-refractivity contribution in [3.8, 4) is 0 Å². The van der Waals surface area contributed by atoms with Crippen LogP contribution in [0.3, 0.4) is 0 Å². The van der Waals surface area contributed by atoms with Gasteiger partial charge in [-0.1, -0.05) is 31.4 Å². The van der Waals surface area contributed by atoms with Crippen molar-refractivity contribution in [1.82, 2.24) is 10.6 Å². The maximum absolute atomic E-state index is 11.1. The summed E-state index contributed by atoms with van der Waals surface area (Å²) in [6.45, 7) is 6.81.